The van der Waals surface area contributed by atoms with Crippen molar-refractivity contribution in [3.05, 3.63) is 60.0 Å². The van der Waals surface area contributed by atoms with Crippen molar-refractivity contribution < 1.29 is 0 Å². The van der Waals surface area contributed by atoms with Crippen molar-refractivity contribution in [1.29, 1.82) is 0 Å². The number of nitrogens with two attached hydrogens (primary N) is 1. The van der Waals surface area contributed by atoms with Gasteiger partial charge in [-0.15, -0.1) is 0 Å². The molecule has 1 radical (unpaired) electrons. The van der Waals surface area contributed by atoms with E-state index in [1.807, 2.05) is 12.1 Å². The van der Waals surface area contributed by atoms with E-state index in [-0.39, 0.29) is 10.8 Å². The van der Waals surface area contributed by atoms with Crippen LogP contribution in [0.4, 0.5) is 5.69 Å². The quantitative estimate of drug-likeness (QED) is 0.693. The molecule has 0 spiro atoms. The minimum absolute atomic E-state index is 0.136. The van der Waals surface area contributed by atoms with Crippen LogP contribution in [-0.2, 0) is 10.8 Å². The number of hydrogen-bond acceptors (Lipinski definition) is 1. The highest BCUT2D eigenvalue weighted by Gasteiger charge is 2.38. The van der Waals surface area contributed by atoms with Crippen LogP contribution < -0.4 is 5.73 Å². The summed E-state index contributed by atoms with van der Waals surface area (Å²) in [5.74, 6) is 0. The fraction of sp³-hybridized carbons (Fsp3) is 0.381. The van der Waals surface area contributed by atoms with Gasteiger partial charge in [-0.3, -0.25) is 0 Å². The average Bonchev–Trinajstić information content (AvgIpc) is 2.45. The summed E-state index contributed by atoms with van der Waals surface area (Å²) < 4.78 is 0. The molecule has 0 bridgehead atoms. The van der Waals surface area contributed by atoms with Crippen LogP contribution >= 0.6 is 0 Å². The molecule has 2 aromatic carbocycles. The Morgan fingerprint density at radius 3 is 2.09 bits per heavy atom. The Labute approximate surface area is 134 Å². The van der Waals surface area contributed by atoms with Crippen LogP contribution in [0.1, 0.15) is 57.2 Å². The van der Waals surface area contributed by atoms with Crippen molar-refractivity contribution in [2.75, 3.05) is 5.73 Å². The van der Waals surface area contributed by atoms with Crippen LogP contribution in [0.15, 0.2) is 36.4 Å². The molecule has 2 aromatic rings. The van der Waals surface area contributed by atoms with Gasteiger partial charge in [0.05, 0.1) is 0 Å². The third kappa shape index (κ3) is 2.33. The topological polar surface area (TPSA) is 26.0 Å². The van der Waals surface area contributed by atoms with Gasteiger partial charge in [-0.25, -0.2) is 0 Å². The molecule has 0 saturated carbocycles. The van der Waals surface area contributed by atoms with E-state index in [1.165, 1.54) is 29.5 Å². The summed E-state index contributed by atoms with van der Waals surface area (Å²) in [5, 5.41) is 0. The fourth-order valence-corrected chi connectivity index (χ4v) is 3.73. The normalized spacial score (nSPS) is 18.8. The zero-order valence-corrected chi connectivity index (χ0v) is 14.2. The van der Waals surface area contributed by atoms with Gasteiger partial charge in [0.25, 0.3) is 0 Å². The second-order valence-corrected chi connectivity index (χ2v) is 7.91. The molecule has 0 unspecified atom stereocenters. The lowest BCUT2D eigenvalue weighted by molar-refractivity contribution is 0.333. The largest absolute Gasteiger partial charge is 0.398 e. The first kappa shape index (κ1) is 15.1. The molecule has 1 aliphatic carbocycles. The molecule has 1 heteroatoms. The minimum atomic E-state index is 0.136. The lowest BCUT2D eigenvalue weighted by atomic mass is 9.62. The molecular weight excluding hydrogens is 266 g/mol. The van der Waals surface area contributed by atoms with Crippen molar-refractivity contribution in [1.82, 2.24) is 0 Å². The highest BCUT2D eigenvalue weighted by molar-refractivity contribution is 5.81. The van der Waals surface area contributed by atoms with Crippen LogP contribution in [0.25, 0.3) is 11.1 Å². The maximum Gasteiger partial charge on any atom is 0.0434 e. The van der Waals surface area contributed by atoms with Crippen LogP contribution in [0.2, 0.25) is 0 Å². The summed E-state index contributed by atoms with van der Waals surface area (Å²) in [6.45, 7) is 13.3. The third-order valence-electron chi connectivity index (χ3n) is 5.29. The molecule has 0 saturated heterocycles. The second kappa shape index (κ2) is 4.87. The van der Waals surface area contributed by atoms with Crippen LogP contribution in [0, 0.1) is 6.92 Å². The first-order valence-corrected chi connectivity index (χ1v) is 8.08. The van der Waals surface area contributed by atoms with Gasteiger partial charge in [0, 0.05) is 11.3 Å². The summed E-state index contributed by atoms with van der Waals surface area (Å²) in [7, 11) is 0. The van der Waals surface area contributed by atoms with E-state index < -0.39 is 0 Å². The summed E-state index contributed by atoms with van der Waals surface area (Å²) in [5.41, 5.74) is 14.1. The van der Waals surface area contributed by atoms with Gasteiger partial charge in [0.2, 0.25) is 0 Å². The number of anilines is 1. The third-order valence-corrected chi connectivity index (χ3v) is 5.29. The highest BCUT2D eigenvalue weighted by atomic mass is 14.6. The molecule has 0 heterocycles. The zero-order valence-electron chi connectivity index (χ0n) is 14.2. The van der Waals surface area contributed by atoms with Gasteiger partial charge in [-0.05, 0) is 52.8 Å². The summed E-state index contributed by atoms with van der Waals surface area (Å²) in [6.07, 6.45) is 2.39. The van der Waals surface area contributed by atoms with Crippen molar-refractivity contribution >= 4 is 5.69 Å². The maximum absolute atomic E-state index is 6.66. The summed E-state index contributed by atoms with van der Waals surface area (Å²) in [6, 6.07) is 12.8. The molecule has 3 rings (SSSR count). The molecule has 0 amide bonds. The first-order valence-electron chi connectivity index (χ1n) is 8.08. The monoisotopic (exact) mass is 292 g/mol. The lowest BCUT2D eigenvalue weighted by Gasteiger charge is -2.43. The van der Waals surface area contributed by atoms with E-state index in [4.69, 9.17) is 5.73 Å². The Hall–Kier alpha value is -1.76. The van der Waals surface area contributed by atoms with E-state index in [1.54, 1.807) is 0 Å². The predicted octanol–water partition coefficient (Wildman–Crippen LogP) is 5.47. The molecule has 0 aliphatic heterocycles. The van der Waals surface area contributed by atoms with E-state index in [2.05, 4.69) is 58.9 Å². The zero-order chi connectivity index (χ0) is 16.1. The summed E-state index contributed by atoms with van der Waals surface area (Å²) in [4.78, 5) is 0. The Morgan fingerprint density at radius 1 is 0.864 bits per heavy atom. The fourth-order valence-electron chi connectivity index (χ4n) is 3.73. The van der Waals surface area contributed by atoms with Gasteiger partial charge in [-0.2, -0.15) is 0 Å². The standard InChI is InChI=1S/C21H26N/c1-14-6-8-15(9-7-14)16-10-11-17-18(19(16)22)21(4,5)13-12-20(17,2)3/h6-11H,1,12-13,22H2,2-5H3. The minimum Gasteiger partial charge on any atom is -0.398 e. The summed E-state index contributed by atoms with van der Waals surface area (Å²) >= 11 is 0. The SMILES string of the molecule is [CH2]c1ccc(-c2ccc3c(c2N)C(C)(C)CCC3(C)C)cc1. The number of benzene rings is 2. The van der Waals surface area contributed by atoms with Crippen molar-refractivity contribution in [2.45, 2.75) is 51.4 Å². The second-order valence-electron chi connectivity index (χ2n) is 7.91. The number of nitrogen functional groups attached to an aromatic ring is 1. The smallest absolute Gasteiger partial charge is 0.0434 e. The van der Waals surface area contributed by atoms with Crippen molar-refractivity contribution in [3.63, 3.8) is 0 Å². The van der Waals surface area contributed by atoms with E-state index >= 15 is 0 Å². The van der Waals surface area contributed by atoms with Crippen LogP contribution in [-0.4, -0.2) is 0 Å². The average molecular weight is 292 g/mol. The van der Waals surface area contributed by atoms with Gasteiger partial charge in [-0.1, -0.05) is 64.1 Å². The van der Waals surface area contributed by atoms with Gasteiger partial charge < -0.3 is 5.73 Å². The Morgan fingerprint density at radius 2 is 1.45 bits per heavy atom. The van der Waals surface area contributed by atoms with Crippen molar-refractivity contribution in [3.8, 4) is 11.1 Å². The molecule has 0 fully saturated rings. The Kier molecular flexibility index (Phi) is 3.36. The van der Waals surface area contributed by atoms with E-state index in [9.17, 15) is 0 Å². The molecule has 22 heavy (non-hydrogen) atoms. The highest BCUT2D eigenvalue weighted by Crippen LogP contribution is 2.50. The maximum atomic E-state index is 6.66. The van der Waals surface area contributed by atoms with E-state index in [0.29, 0.717) is 0 Å². The number of hydrogen-bond donors (Lipinski definition) is 1. The molecule has 115 valence electrons. The van der Waals surface area contributed by atoms with Gasteiger partial charge in [0.1, 0.15) is 0 Å². The van der Waals surface area contributed by atoms with E-state index in [0.717, 1.165) is 16.8 Å². The van der Waals surface area contributed by atoms with Crippen LogP contribution in [0.3, 0.4) is 0 Å². The molecule has 0 atom stereocenters. The molecule has 2 N–H and O–H groups in total. The van der Waals surface area contributed by atoms with Gasteiger partial charge >= 0.3 is 0 Å². The van der Waals surface area contributed by atoms with Crippen LogP contribution in [0.5, 0.6) is 0 Å². The van der Waals surface area contributed by atoms with Crippen molar-refractivity contribution in [2.24, 2.45) is 0 Å². The Balaban J connectivity index is 2.23. The number of rotatable bonds is 1. The van der Waals surface area contributed by atoms with Gasteiger partial charge in [0.15, 0.2) is 0 Å². The molecular formula is C21H26N. The molecule has 1 aliphatic rings. The molecule has 0 aromatic heterocycles. The lowest BCUT2D eigenvalue weighted by Crippen LogP contribution is -2.34. The predicted molar refractivity (Wildman–Crippen MR) is 96.0 cm³/mol. The number of fused-ring (bicyclic) bond motifs is 1. The Bertz CT molecular complexity index is 705. The molecule has 1 nitrogen and oxygen atoms in total. The first-order chi connectivity index (χ1) is 10.2.